The molecule has 0 radical (unpaired) electrons. The van der Waals surface area contributed by atoms with Crippen LogP contribution in [0, 0.1) is 17.8 Å². The van der Waals surface area contributed by atoms with Gasteiger partial charge in [0.1, 0.15) is 18.1 Å². The fourth-order valence-electron chi connectivity index (χ4n) is 3.11. The zero-order chi connectivity index (χ0) is 25.9. The summed E-state index contributed by atoms with van der Waals surface area (Å²) >= 11 is 0. The van der Waals surface area contributed by atoms with Crippen molar-refractivity contribution in [3.63, 3.8) is 0 Å². The number of amides is 3. The average molecular weight is 473 g/mol. The number of carbonyl (C=O) groups is 5. The van der Waals surface area contributed by atoms with Gasteiger partial charge < -0.3 is 31.9 Å². The summed E-state index contributed by atoms with van der Waals surface area (Å²) in [6.07, 6.45) is 0.438. The van der Waals surface area contributed by atoms with Crippen molar-refractivity contribution in [2.45, 2.75) is 91.4 Å². The van der Waals surface area contributed by atoms with Crippen LogP contribution in [-0.4, -0.2) is 64.0 Å². The molecular weight excluding hydrogens is 432 g/mol. The fourth-order valence-corrected chi connectivity index (χ4v) is 3.11. The van der Waals surface area contributed by atoms with Crippen molar-refractivity contribution in [3.8, 4) is 0 Å². The fraction of sp³-hybridized carbons (Fsp3) is 0.773. The van der Waals surface area contributed by atoms with E-state index >= 15 is 0 Å². The highest BCUT2D eigenvalue weighted by atomic mass is 16.4. The molecule has 0 aromatic rings. The Morgan fingerprint density at radius 2 is 1.36 bits per heavy atom. The number of rotatable bonds is 15. The van der Waals surface area contributed by atoms with Gasteiger partial charge in [0.2, 0.25) is 17.7 Å². The van der Waals surface area contributed by atoms with Gasteiger partial charge in [0.15, 0.2) is 0 Å². The van der Waals surface area contributed by atoms with Crippen molar-refractivity contribution in [2.75, 3.05) is 0 Å². The molecule has 0 fully saturated rings. The van der Waals surface area contributed by atoms with E-state index < -0.39 is 53.8 Å². The highest BCUT2D eigenvalue weighted by molar-refractivity contribution is 5.94. The van der Waals surface area contributed by atoms with Crippen LogP contribution in [0.1, 0.15) is 67.2 Å². The van der Waals surface area contributed by atoms with Gasteiger partial charge >= 0.3 is 11.9 Å². The minimum Gasteiger partial charge on any atom is -0.481 e. The second-order valence-electron chi connectivity index (χ2n) is 9.17. The van der Waals surface area contributed by atoms with E-state index in [1.807, 2.05) is 20.8 Å². The van der Waals surface area contributed by atoms with Gasteiger partial charge in [-0.2, -0.15) is 0 Å². The van der Waals surface area contributed by atoms with Gasteiger partial charge in [-0.15, -0.1) is 0 Å². The average Bonchev–Trinajstić information content (AvgIpc) is 2.71. The molecule has 0 bridgehead atoms. The number of hydrogen-bond donors (Lipinski definition) is 6. The number of carbonyl (C=O) groups excluding carboxylic acids is 3. The van der Waals surface area contributed by atoms with E-state index in [1.54, 1.807) is 20.8 Å². The maximum atomic E-state index is 13.0. The molecule has 0 saturated carbocycles. The maximum absolute atomic E-state index is 13.0. The number of nitrogens with two attached hydrogens (primary N) is 1. The molecule has 7 N–H and O–H groups in total. The molecule has 190 valence electrons. The molecule has 5 atom stereocenters. The third-order valence-corrected chi connectivity index (χ3v) is 5.37. The smallest absolute Gasteiger partial charge is 0.326 e. The summed E-state index contributed by atoms with van der Waals surface area (Å²) in [6.45, 7) is 10.7. The lowest BCUT2D eigenvalue weighted by Crippen LogP contribution is -2.59. The first-order chi connectivity index (χ1) is 15.2. The van der Waals surface area contributed by atoms with Crippen LogP contribution in [0.2, 0.25) is 0 Å². The third-order valence-electron chi connectivity index (χ3n) is 5.37. The Morgan fingerprint density at radius 1 is 0.818 bits per heavy atom. The summed E-state index contributed by atoms with van der Waals surface area (Å²) in [5.74, 6) is -4.78. The van der Waals surface area contributed by atoms with E-state index in [-0.39, 0.29) is 37.0 Å². The Bertz CT molecular complexity index is 696. The number of carboxylic acids is 2. The van der Waals surface area contributed by atoms with Gasteiger partial charge in [-0.1, -0.05) is 48.0 Å². The minimum absolute atomic E-state index is 0.0180. The number of carboxylic acid groups (broad SMARTS) is 2. The van der Waals surface area contributed by atoms with Gasteiger partial charge in [0.05, 0.1) is 6.04 Å². The van der Waals surface area contributed by atoms with Crippen LogP contribution in [0.4, 0.5) is 0 Å². The molecule has 0 saturated heterocycles. The molecule has 0 aromatic heterocycles. The van der Waals surface area contributed by atoms with Crippen molar-refractivity contribution < 1.29 is 34.2 Å². The van der Waals surface area contributed by atoms with Crippen molar-refractivity contribution in [2.24, 2.45) is 23.5 Å². The van der Waals surface area contributed by atoms with Crippen LogP contribution >= 0.6 is 0 Å². The number of nitrogens with one attached hydrogen (secondary N) is 3. The normalized spacial score (nSPS) is 15.8. The maximum Gasteiger partial charge on any atom is 0.326 e. The SMILES string of the molecule is CCC(C)C(NC(=O)C(NC(=O)C(CC(C)C)NC(=O)C(N)CCC(=O)O)C(C)C)C(=O)O. The molecule has 5 unspecified atom stereocenters. The molecule has 0 rings (SSSR count). The quantitative estimate of drug-likeness (QED) is 0.198. The second-order valence-corrected chi connectivity index (χ2v) is 9.17. The van der Waals surface area contributed by atoms with E-state index in [0.717, 1.165) is 0 Å². The van der Waals surface area contributed by atoms with Crippen LogP contribution in [-0.2, 0) is 24.0 Å². The molecular formula is C22H40N4O7. The van der Waals surface area contributed by atoms with Crippen molar-refractivity contribution >= 4 is 29.7 Å². The Balaban J connectivity index is 5.44. The molecule has 0 spiro atoms. The molecule has 11 heteroatoms. The monoisotopic (exact) mass is 472 g/mol. The molecule has 3 amide bonds. The highest BCUT2D eigenvalue weighted by Crippen LogP contribution is 2.12. The lowest BCUT2D eigenvalue weighted by molar-refractivity contribution is -0.144. The van der Waals surface area contributed by atoms with Crippen LogP contribution < -0.4 is 21.7 Å². The lowest BCUT2D eigenvalue weighted by atomic mass is 9.96. The zero-order valence-electron chi connectivity index (χ0n) is 20.4. The standard InChI is InChI=1S/C22H40N4O7/c1-7-13(6)18(22(32)33)26-21(31)17(12(4)5)25-20(30)15(10-11(2)3)24-19(29)14(23)8-9-16(27)28/h11-15,17-18H,7-10,23H2,1-6H3,(H,24,29)(H,25,30)(H,26,31)(H,27,28)(H,32,33). The van der Waals surface area contributed by atoms with Crippen LogP contribution in [0.3, 0.4) is 0 Å². The van der Waals surface area contributed by atoms with E-state index in [1.165, 1.54) is 0 Å². The van der Waals surface area contributed by atoms with Gasteiger partial charge in [0.25, 0.3) is 0 Å². The lowest BCUT2D eigenvalue weighted by Gasteiger charge is -2.28. The number of hydrogen-bond acceptors (Lipinski definition) is 6. The van der Waals surface area contributed by atoms with Crippen LogP contribution in [0.5, 0.6) is 0 Å². The van der Waals surface area contributed by atoms with Crippen LogP contribution in [0.25, 0.3) is 0 Å². The van der Waals surface area contributed by atoms with Gasteiger partial charge in [-0.25, -0.2) is 4.79 Å². The zero-order valence-corrected chi connectivity index (χ0v) is 20.4. The van der Waals surface area contributed by atoms with Crippen molar-refractivity contribution in [3.05, 3.63) is 0 Å². The first kappa shape index (κ1) is 30.3. The Labute approximate surface area is 195 Å². The summed E-state index contributed by atoms with van der Waals surface area (Å²) in [5, 5.41) is 25.9. The van der Waals surface area contributed by atoms with E-state index in [0.29, 0.717) is 6.42 Å². The first-order valence-electron chi connectivity index (χ1n) is 11.3. The summed E-state index contributed by atoms with van der Waals surface area (Å²) in [5.41, 5.74) is 5.74. The Kier molecular flexibility index (Phi) is 13.3. The molecule has 0 aliphatic carbocycles. The van der Waals surface area contributed by atoms with E-state index in [2.05, 4.69) is 16.0 Å². The van der Waals surface area contributed by atoms with E-state index in [9.17, 15) is 29.1 Å². The van der Waals surface area contributed by atoms with Crippen LogP contribution in [0.15, 0.2) is 0 Å². The molecule has 33 heavy (non-hydrogen) atoms. The Morgan fingerprint density at radius 3 is 1.79 bits per heavy atom. The summed E-state index contributed by atoms with van der Waals surface area (Å²) in [7, 11) is 0. The summed E-state index contributed by atoms with van der Waals surface area (Å²) < 4.78 is 0. The molecule has 0 aliphatic heterocycles. The Hall–Kier alpha value is -2.69. The van der Waals surface area contributed by atoms with Gasteiger partial charge in [-0.05, 0) is 30.6 Å². The molecule has 0 heterocycles. The van der Waals surface area contributed by atoms with E-state index in [4.69, 9.17) is 10.8 Å². The van der Waals surface area contributed by atoms with Crippen molar-refractivity contribution in [1.29, 1.82) is 0 Å². The topological polar surface area (TPSA) is 188 Å². The predicted molar refractivity (Wildman–Crippen MR) is 122 cm³/mol. The molecule has 0 aromatic carbocycles. The summed E-state index contributed by atoms with van der Waals surface area (Å²) in [6, 6.07) is -4.21. The van der Waals surface area contributed by atoms with Gasteiger partial charge in [-0.3, -0.25) is 19.2 Å². The summed E-state index contributed by atoms with van der Waals surface area (Å²) in [4.78, 5) is 60.4. The second kappa shape index (κ2) is 14.5. The van der Waals surface area contributed by atoms with Crippen molar-refractivity contribution in [1.82, 2.24) is 16.0 Å². The highest BCUT2D eigenvalue weighted by Gasteiger charge is 2.33. The third kappa shape index (κ3) is 11.1. The number of aliphatic carboxylic acids is 2. The predicted octanol–water partition coefficient (Wildman–Crippen LogP) is 0.466. The van der Waals surface area contributed by atoms with Gasteiger partial charge in [0, 0.05) is 6.42 Å². The molecule has 11 nitrogen and oxygen atoms in total. The molecule has 0 aliphatic rings. The minimum atomic E-state index is -1.16. The largest absolute Gasteiger partial charge is 0.481 e. The first-order valence-corrected chi connectivity index (χ1v) is 11.3.